The first-order chi connectivity index (χ1) is 10.7. The maximum atomic E-state index is 12.2. The summed E-state index contributed by atoms with van der Waals surface area (Å²) in [6, 6.07) is 7.49. The second kappa shape index (κ2) is 7.03. The van der Waals surface area contributed by atoms with Crippen molar-refractivity contribution in [1.29, 1.82) is 0 Å². The molecule has 1 aliphatic rings. The van der Waals surface area contributed by atoms with Gasteiger partial charge in [0.1, 0.15) is 0 Å². The van der Waals surface area contributed by atoms with E-state index in [4.69, 9.17) is 0 Å². The Hall–Kier alpha value is -1.72. The average Bonchev–Trinajstić information content (AvgIpc) is 3.24. The molecule has 2 aromatic rings. The van der Waals surface area contributed by atoms with Crippen molar-refractivity contribution < 1.29 is 9.59 Å². The molecule has 3 nitrogen and oxygen atoms in total. The lowest BCUT2D eigenvalue weighted by atomic mass is 9.94. The molecule has 0 aromatic carbocycles. The quantitative estimate of drug-likeness (QED) is 0.664. The van der Waals surface area contributed by atoms with Gasteiger partial charge in [0.25, 0.3) is 0 Å². The van der Waals surface area contributed by atoms with E-state index >= 15 is 0 Å². The lowest BCUT2D eigenvalue weighted by Crippen LogP contribution is -2.30. The van der Waals surface area contributed by atoms with Crippen molar-refractivity contribution in [2.24, 2.45) is 5.92 Å². The zero-order valence-electron chi connectivity index (χ0n) is 12.1. The van der Waals surface area contributed by atoms with Gasteiger partial charge >= 0.3 is 0 Å². The standard InChI is InChI=1S/C17H17NO2S2/c19-16(14-7-4-10-21-14)15-9-8-13(22-15)11-18-17(20)12-5-2-1-3-6-12/h1-2,4,7-10,12H,3,5-6,11H2,(H,18,20)/t12-/m0/s1. The minimum absolute atomic E-state index is 0.0648. The van der Waals surface area contributed by atoms with E-state index in [1.165, 1.54) is 22.7 Å². The molecular formula is C17H17NO2S2. The van der Waals surface area contributed by atoms with Gasteiger partial charge in [0, 0.05) is 10.8 Å². The van der Waals surface area contributed by atoms with Crippen molar-refractivity contribution >= 4 is 34.4 Å². The van der Waals surface area contributed by atoms with Crippen molar-refractivity contribution in [2.45, 2.75) is 25.8 Å². The lowest BCUT2D eigenvalue weighted by molar-refractivity contribution is -0.125. The van der Waals surface area contributed by atoms with Crippen molar-refractivity contribution in [2.75, 3.05) is 0 Å². The summed E-state index contributed by atoms with van der Waals surface area (Å²) in [6.07, 6.45) is 6.95. The molecule has 0 unspecified atom stereocenters. The van der Waals surface area contributed by atoms with Crippen LogP contribution in [0.25, 0.3) is 0 Å². The molecule has 2 heterocycles. The monoisotopic (exact) mass is 331 g/mol. The predicted octanol–water partition coefficient (Wildman–Crippen LogP) is 4.01. The fourth-order valence-corrected chi connectivity index (χ4v) is 4.12. The number of allylic oxidation sites excluding steroid dienone is 2. The molecule has 1 atom stereocenters. The first kappa shape index (κ1) is 15.2. The molecule has 1 amide bonds. The van der Waals surface area contributed by atoms with Crippen LogP contribution in [0.4, 0.5) is 0 Å². The molecule has 1 aliphatic carbocycles. The number of rotatable bonds is 5. The molecule has 0 saturated heterocycles. The van der Waals surface area contributed by atoms with Crippen LogP contribution in [0, 0.1) is 5.92 Å². The van der Waals surface area contributed by atoms with Crippen LogP contribution in [0.5, 0.6) is 0 Å². The van der Waals surface area contributed by atoms with E-state index in [9.17, 15) is 9.59 Å². The van der Waals surface area contributed by atoms with Gasteiger partial charge in [0.2, 0.25) is 11.7 Å². The Balaban J connectivity index is 1.57. The molecule has 2 aromatic heterocycles. The van der Waals surface area contributed by atoms with Gasteiger partial charge in [-0.2, -0.15) is 0 Å². The number of carbonyl (C=O) groups is 2. The summed E-state index contributed by atoms with van der Waals surface area (Å²) >= 11 is 2.91. The molecule has 0 bridgehead atoms. The molecule has 0 fully saturated rings. The van der Waals surface area contributed by atoms with Gasteiger partial charge in [-0.15, -0.1) is 22.7 Å². The highest BCUT2D eigenvalue weighted by Gasteiger charge is 2.19. The smallest absolute Gasteiger partial charge is 0.223 e. The summed E-state index contributed by atoms with van der Waals surface area (Å²) in [5.74, 6) is 0.274. The Morgan fingerprint density at radius 1 is 1.18 bits per heavy atom. The molecule has 0 aliphatic heterocycles. The first-order valence-corrected chi connectivity index (χ1v) is 9.03. The number of hydrogen-bond donors (Lipinski definition) is 1. The Bertz CT molecular complexity index is 685. The van der Waals surface area contributed by atoms with Gasteiger partial charge in [-0.25, -0.2) is 0 Å². The first-order valence-electron chi connectivity index (χ1n) is 7.33. The fourth-order valence-electron chi connectivity index (χ4n) is 2.47. The van der Waals surface area contributed by atoms with Crippen LogP contribution in [0.3, 0.4) is 0 Å². The molecule has 0 saturated carbocycles. The number of nitrogens with one attached hydrogen (secondary N) is 1. The summed E-state index contributed by atoms with van der Waals surface area (Å²) in [6.45, 7) is 0.501. The summed E-state index contributed by atoms with van der Waals surface area (Å²) < 4.78 is 0. The largest absolute Gasteiger partial charge is 0.351 e. The van der Waals surface area contributed by atoms with Crippen molar-refractivity contribution in [3.05, 3.63) is 56.4 Å². The molecule has 3 rings (SSSR count). The molecule has 5 heteroatoms. The van der Waals surface area contributed by atoms with Crippen LogP contribution in [-0.4, -0.2) is 11.7 Å². The third kappa shape index (κ3) is 3.54. The van der Waals surface area contributed by atoms with Crippen LogP contribution < -0.4 is 5.32 Å². The zero-order valence-corrected chi connectivity index (χ0v) is 13.7. The third-order valence-electron chi connectivity index (χ3n) is 3.71. The molecule has 0 radical (unpaired) electrons. The van der Waals surface area contributed by atoms with Crippen LogP contribution in [-0.2, 0) is 11.3 Å². The Morgan fingerprint density at radius 3 is 2.82 bits per heavy atom. The van der Waals surface area contributed by atoms with E-state index in [-0.39, 0.29) is 17.6 Å². The summed E-state index contributed by atoms with van der Waals surface area (Å²) in [5, 5.41) is 4.89. The number of hydrogen-bond acceptors (Lipinski definition) is 4. The SMILES string of the molecule is O=C(c1cccs1)c1ccc(CNC(=O)[C@H]2CC=CCC2)s1. The number of carbonyl (C=O) groups excluding carboxylic acids is 2. The van der Waals surface area contributed by atoms with Gasteiger partial charge in [-0.1, -0.05) is 18.2 Å². The second-order valence-corrected chi connectivity index (χ2v) is 7.39. The fraction of sp³-hybridized carbons (Fsp3) is 0.294. The van der Waals surface area contributed by atoms with E-state index < -0.39 is 0 Å². The third-order valence-corrected chi connectivity index (χ3v) is 5.66. The zero-order chi connectivity index (χ0) is 15.4. The van der Waals surface area contributed by atoms with Crippen molar-refractivity contribution in [3.8, 4) is 0 Å². The molecule has 114 valence electrons. The molecular weight excluding hydrogens is 314 g/mol. The summed E-state index contributed by atoms with van der Waals surface area (Å²) in [5.41, 5.74) is 0. The van der Waals surface area contributed by atoms with Gasteiger partial charge in [-0.05, 0) is 42.8 Å². The average molecular weight is 331 g/mol. The summed E-state index contributed by atoms with van der Waals surface area (Å²) in [7, 11) is 0. The van der Waals surface area contributed by atoms with Gasteiger partial charge in [0.05, 0.1) is 16.3 Å². The number of thiophene rings is 2. The molecule has 1 N–H and O–H groups in total. The van der Waals surface area contributed by atoms with Crippen LogP contribution in [0.2, 0.25) is 0 Å². The highest BCUT2D eigenvalue weighted by atomic mass is 32.1. The lowest BCUT2D eigenvalue weighted by Gasteiger charge is -2.16. The number of amides is 1. The van der Waals surface area contributed by atoms with Crippen LogP contribution in [0.1, 0.15) is 38.7 Å². The number of ketones is 1. The maximum Gasteiger partial charge on any atom is 0.223 e. The predicted molar refractivity (Wildman–Crippen MR) is 90.4 cm³/mol. The Kier molecular flexibility index (Phi) is 4.85. The highest BCUT2D eigenvalue weighted by Crippen LogP contribution is 2.23. The van der Waals surface area contributed by atoms with E-state index in [1.54, 1.807) is 0 Å². The topological polar surface area (TPSA) is 46.2 Å². The highest BCUT2D eigenvalue weighted by molar-refractivity contribution is 7.16. The van der Waals surface area contributed by atoms with E-state index in [1.807, 2.05) is 29.6 Å². The van der Waals surface area contributed by atoms with E-state index in [0.29, 0.717) is 6.54 Å². The van der Waals surface area contributed by atoms with Crippen molar-refractivity contribution in [1.82, 2.24) is 5.32 Å². The van der Waals surface area contributed by atoms with Crippen LogP contribution >= 0.6 is 22.7 Å². The Labute approximate surface area is 137 Å². The van der Waals surface area contributed by atoms with Crippen LogP contribution in [0.15, 0.2) is 41.8 Å². The van der Waals surface area contributed by atoms with E-state index in [0.717, 1.165) is 33.9 Å². The Morgan fingerprint density at radius 2 is 2.09 bits per heavy atom. The minimum atomic E-state index is 0.0648. The second-order valence-electron chi connectivity index (χ2n) is 5.27. The van der Waals surface area contributed by atoms with Gasteiger partial charge < -0.3 is 5.32 Å². The molecule has 22 heavy (non-hydrogen) atoms. The summed E-state index contributed by atoms with van der Waals surface area (Å²) in [4.78, 5) is 26.8. The normalized spacial score (nSPS) is 17.4. The van der Waals surface area contributed by atoms with Gasteiger partial charge in [0.15, 0.2) is 0 Å². The van der Waals surface area contributed by atoms with Crippen molar-refractivity contribution in [3.63, 3.8) is 0 Å². The minimum Gasteiger partial charge on any atom is -0.351 e. The van der Waals surface area contributed by atoms with Gasteiger partial charge in [-0.3, -0.25) is 9.59 Å². The van der Waals surface area contributed by atoms with E-state index in [2.05, 4.69) is 17.5 Å². The maximum absolute atomic E-state index is 12.2. The molecule has 0 spiro atoms.